The van der Waals surface area contributed by atoms with Crippen molar-refractivity contribution in [2.45, 2.75) is 25.4 Å². The Morgan fingerprint density at radius 3 is 2.25 bits per heavy atom. The fourth-order valence-corrected chi connectivity index (χ4v) is 2.53. The number of halogens is 2. The molecule has 3 heteroatoms. The van der Waals surface area contributed by atoms with Crippen LogP contribution in [0.5, 0.6) is 0 Å². The fraction of sp³-hybridized carbons (Fsp3) is 1.00. The van der Waals surface area contributed by atoms with Crippen LogP contribution in [0.15, 0.2) is 0 Å². The van der Waals surface area contributed by atoms with Gasteiger partial charge in [-0.3, -0.25) is 0 Å². The van der Waals surface area contributed by atoms with Gasteiger partial charge in [-0.1, -0.05) is 6.92 Å². The Bertz CT molecular complexity index is 90.4. The van der Waals surface area contributed by atoms with Gasteiger partial charge in [-0.25, -0.2) is 0 Å². The molecule has 0 nitrogen and oxygen atoms in total. The van der Waals surface area contributed by atoms with Crippen molar-refractivity contribution in [3.63, 3.8) is 0 Å². The van der Waals surface area contributed by atoms with Crippen LogP contribution in [0.1, 0.15) is 19.8 Å². The molecule has 48 valence electrons. The second kappa shape index (κ2) is 1.91. The summed E-state index contributed by atoms with van der Waals surface area (Å²) in [5.41, 5.74) is -0.192. The molecular weight excluding hydrogens is 129 g/mol. The number of hydrogen-bond donors (Lipinski definition) is 0. The molecule has 0 amide bonds. The van der Waals surface area contributed by atoms with Gasteiger partial charge in [0, 0.05) is 6.42 Å². The van der Waals surface area contributed by atoms with Crippen molar-refractivity contribution in [3.8, 4) is 0 Å². The highest BCUT2D eigenvalue weighted by Gasteiger charge is 2.58. The summed E-state index contributed by atoms with van der Waals surface area (Å²) in [6, 6.07) is 0. The van der Waals surface area contributed by atoms with Crippen molar-refractivity contribution in [2.24, 2.45) is 0 Å². The Balaban J connectivity index is 2.37. The zero-order valence-electron chi connectivity index (χ0n) is 4.90. The highest BCUT2D eigenvalue weighted by Crippen LogP contribution is 2.75. The predicted octanol–water partition coefficient (Wildman–Crippen LogP) is 2.96. The topological polar surface area (TPSA) is 0 Å². The molecule has 0 aromatic rings. The van der Waals surface area contributed by atoms with Gasteiger partial charge in [0.1, 0.15) is 11.8 Å². The van der Waals surface area contributed by atoms with Gasteiger partial charge in [0.15, 0.2) is 0 Å². The van der Waals surface area contributed by atoms with Crippen LogP contribution in [0, 0.1) is 0 Å². The van der Waals surface area contributed by atoms with E-state index in [0.29, 0.717) is 6.42 Å². The molecule has 0 spiro atoms. The third-order valence-electron chi connectivity index (χ3n) is 1.77. The lowest BCUT2D eigenvalue weighted by Gasteiger charge is -2.23. The van der Waals surface area contributed by atoms with Gasteiger partial charge in [-0.2, -0.15) is 0 Å². The first-order valence-corrected chi connectivity index (χ1v) is 4.76. The smallest absolute Gasteiger partial charge is 0.0614 e. The highest BCUT2D eigenvalue weighted by atomic mass is 31.2. The summed E-state index contributed by atoms with van der Waals surface area (Å²) in [5.74, 6) is 0. The molecule has 0 saturated carbocycles. The molecule has 8 heavy (non-hydrogen) atoms. The maximum atomic E-state index is 12.3. The quantitative estimate of drug-likeness (QED) is 0.490. The highest BCUT2D eigenvalue weighted by molar-refractivity contribution is 7.68. The van der Waals surface area contributed by atoms with E-state index in [1.54, 1.807) is 0 Å². The molecule has 0 bridgehead atoms. The fourth-order valence-electron chi connectivity index (χ4n) is 0.978. The van der Waals surface area contributed by atoms with Crippen LogP contribution in [0.2, 0.25) is 0 Å². The van der Waals surface area contributed by atoms with Crippen LogP contribution in [0.4, 0.5) is 8.39 Å². The Morgan fingerprint density at radius 2 is 2.25 bits per heavy atom. The van der Waals surface area contributed by atoms with E-state index in [9.17, 15) is 8.39 Å². The van der Waals surface area contributed by atoms with Crippen molar-refractivity contribution < 1.29 is 8.39 Å². The van der Waals surface area contributed by atoms with Crippen LogP contribution < -0.4 is 0 Å². The largest absolute Gasteiger partial charge is 0.390 e. The first-order chi connectivity index (χ1) is 3.67. The van der Waals surface area contributed by atoms with Gasteiger partial charge >= 0.3 is 7.88 Å². The summed E-state index contributed by atoms with van der Waals surface area (Å²) in [4.78, 5) is 0. The first-order valence-electron chi connectivity index (χ1n) is 2.94. The Hall–Kier alpha value is 0.290. The molecule has 1 rings (SSSR count). The SMILES string of the molecule is CCC1CC[P+]1(F)F. The monoisotopic (exact) mass is 139 g/mol. The van der Waals surface area contributed by atoms with Gasteiger partial charge in [-0.15, -0.1) is 0 Å². The number of hydrogen-bond acceptors (Lipinski definition) is 0. The third-order valence-corrected chi connectivity index (χ3v) is 4.31. The summed E-state index contributed by atoms with van der Waals surface area (Å²) in [7, 11) is -3.33. The van der Waals surface area contributed by atoms with Crippen LogP contribution >= 0.6 is 7.88 Å². The molecule has 1 saturated heterocycles. The molecule has 0 aromatic carbocycles. The van der Waals surface area contributed by atoms with Crippen molar-refractivity contribution in [1.82, 2.24) is 0 Å². The van der Waals surface area contributed by atoms with E-state index in [4.69, 9.17) is 0 Å². The number of rotatable bonds is 1. The average molecular weight is 139 g/mol. The normalized spacial score (nSPS) is 34.1. The van der Waals surface area contributed by atoms with Crippen LogP contribution in [-0.4, -0.2) is 11.8 Å². The zero-order valence-corrected chi connectivity index (χ0v) is 5.80. The minimum Gasteiger partial charge on any atom is -0.0614 e. The van der Waals surface area contributed by atoms with Gasteiger partial charge in [0.2, 0.25) is 0 Å². The summed E-state index contributed by atoms with van der Waals surface area (Å²) < 4.78 is 24.6. The molecule has 0 aliphatic carbocycles. The predicted molar refractivity (Wildman–Crippen MR) is 32.7 cm³/mol. The molecule has 1 heterocycles. The lowest BCUT2D eigenvalue weighted by molar-refractivity contribution is 0.560. The van der Waals surface area contributed by atoms with Gasteiger partial charge in [0.05, 0.1) is 0 Å². The maximum absolute atomic E-state index is 12.3. The summed E-state index contributed by atoms with van der Waals surface area (Å²) in [6.45, 7) is 1.84. The lowest BCUT2D eigenvalue weighted by Crippen LogP contribution is -2.21. The van der Waals surface area contributed by atoms with Crippen molar-refractivity contribution in [2.75, 3.05) is 6.16 Å². The lowest BCUT2D eigenvalue weighted by atomic mass is 10.2. The van der Waals surface area contributed by atoms with E-state index >= 15 is 0 Å². The molecule has 0 aromatic heterocycles. The van der Waals surface area contributed by atoms with Gasteiger partial charge in [-0.05, 0) is 14.8 Å². The van der Waals surface area contributed by atoms with Crippen molar-refractivity contribution in [1.29, 1.82) is 0 Å². The minimum absolute atomic E-state index is 0.192. The van der Waals surface area contributed by atoms with Crippen molar-refractivity contribution in [3.05, 3.63) is 0 Å². The molecule has 1 aliphatic rings. The van der Waals surface area contributed by atoms with Crippen molar-refractivity contribution >= 4 is 7.88 Å². The van der Waals surface area contributed by atoms with E-state index in [-0.39, 0.29) is 11.8 Å². The van der Waals surface area contributed by atoms with Crippen LogP contribution in [0.3, 0.4) is 0 Å². The Labute approximate surface area is 48.9 Å². The molecule has 1 atom stereocenters. The molecule has 0 radical (unpaired) electrons. The summed E-state index contributed by atoms with van der Waals surface area (Å²) in [6.07, 6.45) is 1.68. The molecular formula is C5H10F2P+. The maximum Gasteiger partial charge on any atom is 0.390 e. The van der Waals surface area contributed by atoms with E-state index in [1.807, 2.05) is 6.92 Å². The average Bonchev–Trinajstić information content (AvgIpc) is 1.66. The third kappa shape index (κ3) is 0.862. The molecule has 0 N–H and O–H groups in total. The van der Waals surface area contributed by atoms with E-state index < -0.39 is 7.88 Å². The second-order valence-electron chi connectivity index (χ2n) is 2.26. The van der Waals surface area contributed by atoms with Gasteiger partial charge in [0.25, 0.3) is 0 Å². The zero-order chi connectivity index (χ0) is 6.20. The standard InChI is InChI=1S/C5H10F2P/c1-2-5-3-4-8(5,6)7/h5H,2-4H2,1H3/q+1. The minimum atomic E-state index is -3.33. The van der Waals surface area contributed by atoms with Gasteiger partial charge < -0.3 is 0 Å². The van der Waals surface area contributed by atoms with E-state index in [1.165, 1.54) is 0 Å². The van der Waals surface area contributed by atoms with Crippen LogP contribution in [0.25, 0.3) is 0 Å². The Kier molecular flexibility index (Phi) is 1.53. The summed E-state index contributed by atoms with van der Waals surface area (Å²) >= 11 is 0. The van der Waals surface area contributed by atoms with E-state index in [2.05, 4.69) is 0 Å². The molecule has 1 unspecified atom stereocenters. The summed E-state index contributed by atoms with van der Waals surface area (Å²) in [5, 5.41) is 0. The molecule has 1 fully saturated rings. The first kappa shape index (κ1) is 6.41. The van der Waals surface area contributed by atoms with Crippen LogP contribution in [-0.2, 0) is 0 Å². The Morgan fingerprint density at radius 1 is 1.62 bits per heavy atom. The second-order valence-corrected chi connectivity index (χ2v) is 4.79. The molecule has 1 aliphatic heterocycles. The van der Waals surface area contributed by atoms with E-state index in [0.717, 1.165) is 6.42 Å².